The molecule has 0 aliphatic carbocycles. The molecule has 0 saturated heterocycles. The zero-order chi connectivity index (χ0) is 18.4. The number of nitrogens with zero attached hydrogens (tertiary/aromatic N) is 3. The van der Waals surface area contributed by atoms with Crippen LogP contribution in [0.3, 0.4) is 0 Å². The highest BCUT2D eigenvalue weighted by Gasteiger charge is 2.17. The van der Waals surface area contributed by atoms with Crippen LogP contribution in [0.15, 0.2) is 53.3 Å². The lowest BCUT2D eigenvalue weighted by molar-refractivity contribution is -0.122. The SMILES string of the molecule is COc1cccc(-c2noc(C(C)NC(=O)CCCn3cccc3)n2)c1. The maximum absolute atomic E-state index is 12.1. The van der Waals surface area contributed by atoms with Gasteiger partial charge in [0.15, 0.2) is 0 Å². The number of ether oxygens (including phenoxy) is 1. The first-order valence-corrected chi connectivity index (χ1v) is 8.54. The summed E-state index contributed by atoms with van der Waals surface area (Å²) < 4.78 is 12.6. The lowest BCUT2D eigenvalue weighted by Crippen LogP contribution is -2.26. The van der Waals surface area contributed by atoms with Crippen LogP contribution in [0.1, 0.15) is 31.7 Å². The summed E-state index contributed by atoms with van der Waals surface area (Å²) in [7, 11) is 1.61. The van der Waals surface area contributed by atoms with E-state index >= 15 is 0 Å². The summed E-state index contributed by atoms with van der Waals surface area (Å²) in [5.41, 5.74) is 0.796. The second kappa shape index (κ2) is 8.33. The molecule has 136 valence electrons. The van der Waals surface area contributed by atoms with Crippen molar-refractivity contribution in [3.63, 3.8) is 0 Å². The van der Waals surface area contributed by atoms with Crippen molar-refractivity contribution in [3.8, 4) is 17.1 Å². The molecule has 0 aliphatic heterocycles. The van der Waals surface area contributed by atoms with Crippen molar-refractivity contribution in [3.05, 3.63) is 54.7 Å². The number of rotatable bonds is 8. The Hall–Kier alpha value is -3.09. The molecule has 3 aromatic rings. The summed E-state index contributed by atoms with van der Waals surface area (Å²) in [6.07, 6.45) is 5.18. The average Bonchev–Trinajstić information content (AvgIpc) is 3.33. The van der Waals surface area contributed by atoms with Crippen molar-refractivity contribution in [2.75, 3.05) is 7.11 Å². The molecule has 1 atom stereocenters. The molecule has 2 heterocycles. The van der Waals surface area contributed by atoms with Crippen LogP contribution in [0.5, 0.6) is 5.75 Å². The Labute approximate surface area is 152 Å². The summed E-state index contributed by atoms with van der Waals surface area (Å²) in [5.74, 6) is 1.53. The minimum atomic E-state index is -0.346. The van der Waals surface area contributed by atoms with Gasteiger partial charge in [-0.1, -0.05) is 17.3 Å². The van der Waals surface area contributed by atoms with E-state index in [0.29, 0.717) is 18.1 Å². The van der Waals surface area contributed by atoms with Crippen molar-refractivity contribution in [1.82, 2.24) is 20.0 Å². The number of hydrogen-bond acceptors (Lipinski definition) is 5. The maximum Gasteiger partial charge on any atom is 0.249 e. The zero-order valence-electron chi connectivity index (χ0n) is 14.9. The summed E-state index contributed by atoms with van der Waals surface area (Å²) in [4.78, 5) is 16.5. The van der Waals surface area contributed by atoms with Gasteiger partial charge >= 0.3 is 0 Å². The highest BCUT2D eigenvalue weighted by molar-refractivity contribution is 5.76. The molecule has 0 aliphatic rings. The minimum absolute atomic E-state index is 0.0363. The molecule has 2 aromatic heterocycles. The van der Waals surface area contributed by atoms with Gasteiger partial charge in [0.25, 0.3) is 0 Å². The Bertz CT molecular complexity index is 842. The van der Waals surface area contributed by atoms with Crippen LogP contribution >= 0.6 is 0 Å². The molecule has 1 N–H and O–H groups in total. The van der Waals surface area contributed by atoms with E-state index in [2.05, 4.69) is 20.0 Å². The van der Waals surface area contributed by atoms with E-state index in [-0.39, 0.29) is 11.9 Å². The summed E-state index contributed by atoms with van der Waals surface area (Å²) >= 11 is 0. The van der Waals surface area contributed by atoms with E-state index in [1.165, 1.54) is 0 Å². The van der Waals surface area contributed by atoms with Crippen LogP contribution in [0.4, 0.5) is 0 Å². The molecular formula is C19H22N4O3. The fraction of sp³-hybridized carbons (Fsp3) is 0.316. The molecule has 0 saturated carbocycles. The standard InChI is InChI=1S/C19H22N4O3/c1-14(20-17(24)9-6-12-23-10-3-4-11-23)19-21-18(22-26-19)15-7-5-8-16(13-15)25-2/h3-5,7-8,10-11,13-14H,6,9,12H2,1-2H3,(H,20,24). The van der Waals surface area contributed by atoms with Gasteiger partial charge in [-0.25, -0.2) is 0 Å². The molecule has 26 heavy (non-hydrogen) atoms. The second-order valence-corrected chi connectivity index (χ2v) is 6.00. The van der Waals surface area contributed by atoms with Gasteiger partial charge in [-0.3, -0.25) is 4.79 Å². The third-order valence-corrected chi connectivity index (χ3v) is 4.00. The molecule has 0 spiro atoms. The van der Waals surface area contributed by atoms with Gasteiger partial charge in [0.05, 0.1) is 7.11 Å². The number of aromatic nitrogens is 3. The van der Waals surface area contributed by atoms with Crippen molar-refractivity contribution in [2.24, 2.45) is 0 Å². The first-order chi connectivity index (χ1) is 12.7. The van der Waals surface area contributed by atoms with Gasteiger partial charge in [0.2, 0.25) is 17.6 Å². The van der Waals surface area contributed by atoms with Gasteiger partial charge in [-0.2, -0.15) is 4.98 Å². The van der Waals surface area contributed by atoms with Gasteiger partial charge in [0.1, 0.15) is 11.8 Å². The molecule has 7 heteroatoms. The first-order valence-electron chi connectivity index (χ1n) is 8.54. The van der Waals surface area contributed by atoms with Gasteiger partial charge in [-0.15, -0.1) is 0 Å². The predicted molar refractivity (Wildman–Crippen MR) is 96.5 cm³/mol. The quantitative estimate of drug-likeness (QED) is 0.672. The summed E-state index contributed by atoms with van der Waals surface area (Å²) in [6, 6.07) is 11.0. The molecule has 3 rings (SSSR count). The molecule has 1 unspecified atom stereocenters. The van der Waals surface area contributed by atoms with E-state index in [1.54, 1.807) is 7.11 Å². The third kappa shape index (κ3) is 4.50. The Morgan fingerprint density at radius 1 is 1.31 bits per heavy atom. The summed E-state index contributed by atoms with van der Waals surface area (Å²) in [6.45, 7) is 2.64. The number of hydrogen-bond donors (Lipinski definition) is 1. The van der Waals surface area contributed by atoms with Crippen molar-refractivity contribution >= 4 is 5.91 Å². The smallest absolute Gasteiger partial charge is 0.249 e. The third-order valence-electron chi connectivity index (χ3n) is 4.00. The van der Waals surface area contributed by atoms with Crippen LogP contribution in [0, 0.1) is 0 Å². The van der Waals surface area contributed by atoms with Crippen molar-refractivity contribution < 1.29 is 14.1 Å². The molecule has 1 aromatic carbocycles. The molecule has 7 nitrogen and oxygen atoms in total. The maximum atomic E-state index is 12.1. The summed E-state index contributed by atoms with van der Waals surface area (Å²) in [5, 5.41) is 6.88. The fourth-order valence-electron chi connectivity index (χ4n) is 2.61. The van der Waals surface area contributed by atoms with E-state index in [4.69, 9.17) is 9.26 Å². The highest BCUT2D eigenvalue weighted by Crippen LogP contribution is 2.22. The molecular weight excluding hydrogens is 332 g/mol. The number of amides is 1. The second-order valence-electron chi connectivity index (χ2n) is 6.00. The molecule has 0 bridgehead atoms. The van der Waals surface area contributed by atoms with Crippen LogP contribution in [-0.4, -0.2) is 27.7 Å². The Morgan fingerprint density at radius 2 is 2.12 bits per heavy atom. The molecule has 0 fully saturated rings. The Kier molecular flexibility index (Phi) is 5.68. The number of carbonyl (C=O) groups is 1. The average molecular weight is 354 g/mol. The van der Waals surface area contributed by atoms with Gasteiger partial charge < -0.3 is 19.1 Å². The number of methoxy groups -OCH3 is 1. The zero-order valence-corrected chi connectivity index (χ0v) is 14.9. The predicted octanol–water partition coefficient (Wildman–Crippen LogP) is 3.20. The van der Waals surface area contributed by atoms with E-state index in [0.717, 1.165) is 24.3 Å². The lowest BCUT2D eigenvalue weighted by atomic mass is 10.2. The molecule has 1 amide bonds. The van der Waals surface area contributed by atoms with E-state index in [1.807, 2.05) is 55.7 Å². The largest absolute Gasteiger partial charge is 0.497 e. The normalized spacial score (nSPS) is 11.9. The van der Waals surface area contributed by atoms with E-state index in [9.17, 15) is 4.79 Å². The fourth-order valence-corrected chi connectivity index (χ4v) is 2.61. The van der Waals surface area contributed by atoms with Crippen molar-refractivity contribution in [1.29, 1.82) is 0 Å². The van der Waals surface area contributed by atoms with Crippen LogP contribution in [-0.2, 0) is 11.3 Å². The van der Waals surface area contributed by atoms with Gasteiger partial charge in [0, 0.05) is 30.9 Å². The number of carbonyl (C=O) groups excluding carboxylic acids is 1. The van der Waals surface area contributed by atoms with Gasteiger partial charge in [-0.05, 0) is 37.6 Å². The topological polar surface area (TPSA) is 82.2 Å². The minimum Gasteiger partial charge on any atom is -0.497 e. The lowest BCUT2D eigenvalue weighted by Gasteiger charge is -2.09. The monoisotopic (exact) mass is 354 g/mol. The number of aryl methyl sites for hydroxylation is 1. The van der Waals surface area contributed by atoms with Crippen LogP contribution in [0.25, 0.3) is 11.4 Å². The number of nitrogens with one attached hydrogen (secondary N) is 1. The first kappa shape index (κ1) is 17.7. The number of benzene rings is 1. The van der Waals surface area contributed by atoms with Crippen LogP contribution in [0.2, 0.25) is 0 Å². The van der Waals surface area contributed by atoms with Crippen LogP contribution < -0.4 is 10.1 Å². The van der Waals surface area contributed by atoms with E-state index < -0.39 is 0 Å². The Morgan fingerprint density at radius 3 is 2.88 bits per heavy atom. The Balaban J connectivity index is 1.53. The van der Waals surface area contributed by atoms with Crippen molar-refractivity contribution in [2.45, 2.75) is 32.4 Å². The molecule has 0 radical (unpaired) electrons. The highest BCUT2D eigenvalue weighted by atomic mass is 16.5.